The van der Waals surface area contributed by atoms with Crippen molar-refractivity contribution >= 4 is 17.6 Å². The minimum Gasteiger partial charge on any atom is -0.480 e. The van der Waals surface area contributed by atoms with Crippen LogP contribution < -0.4 is 4.90 Å². The molecule has 5 nitrogen and oxygen atoms in total. The standard InChI is InChI=1S/C14H11FN2O3/c15-11-3-5-12(6-4-11)17(9-13(18)19)14(20)10-2-1-7-16-8-10/h1-8H,9H2,(H,18,19). The van der Waals surface area contributed by atoms with Gasteiger partial charge in [-0.3, -0.25) is 19.5 Å². The van der Waals surface area contributed by atoms with Gasteiger partial charge in [0.1, 0.15) is 12.4 Å². The summed E-state index contributed by atoms with van der Waals surface area (Å²) >= 11 is 0. The van der Waals surface area contributed by atoms with E-state index in [0.717, 1.165) is 4.90 Å². The van der Waals surface area contributed by atoms with Crippen molar-refractivity contribution in [1.29, 1.82) is 0 Å². The van der Waals surface area contributed by atoms with Crippen molar-refractivity contribution in [2.75, 3.05) is 11.4 Å². The van der Waals surface area contributed by atoms with Gasteiger partial charge in [0.05, 0.1) is 5.56 Å². The zero-order valence-corrected chi connectivity index (χ0v) is 10.4. The van der Waals surface area contributed by atoms with Crippen LogP contribution in [0.1, 0.15) is 10.4 Å². The Morgan fingerprint density at radius 3 is 2.45 bits per heavy atom. The fraction of sp³-hybridized carbons (Fsp3) is 0.0714. The normalized spacial score (nSPS) is 10.1. The molecule has 0 atom stereocenters. The molecule has 2 rings (SSSR count). The lowest BCUT2D eigenvalue weighted by Crippen LogP contribution is -2.35. The van der Waals surface area contributed by atoms with Gasteiger partial charge in [-0.2, -0.15) is 0 Å². The molecule has 1 aromatic heterocycles. The number of aromatic nitrogens is 1. The molecule has 0 aliphatic heterocycles. The van der Waals surface area contributed by atoms with Crippen LogP contribution in [0.25, 0.3) is 0 Å². The minimum absolute atomic E-state index is 0.262. The molecule has 6 heteroatoms. The topological polar surface area (TPSA) is 70.5 Å². The van der Waals surface area contributed by atoms with Gasteiger partial charge in [-0.25, -0.2) is 4.39 Å². The molecular weight excluding hydrogens is 263 g/mol. The maximum Gasteiger partial charge on any atom is 0.323 e. The van der Waals surface area contributed by atoms with Gasteiger partial charge in [0.2, 0.25) is 0 Å². The molecule has 0 aliphatic rings. The number of pyridine rings is 1. The summed E-state index contributed by atoms with van der Waals surface area (Å²) < 4.78 is 12.9. The Morgan fingerprint density at radius 2 is 1.90 bits per heavy atom. The van der Waals surface area contributed by atoms with Crippen molar-refractivity contribution in [3.63, 3.8) is 0 Å². The second-order valence-corrected chi connectivity index (χ2v) is 4.00. The molecule has 102 valence electrons. The SMILES string of the molecule is O=C(O)CN(C(=O)c1cccnc1)c1ccc(F)cc1. The molecule has 0 unspecified atom stereocenters. The maximum atomic E-state index is 12.9. The van der Waals surface area contributed by atoms with Crippen molar-refractivity contribution in [2.24, 2.45) is 0 Å². The van der Waals surface area contributed by atoms with Gasteiger partial charge in [0.15, 0.2) is 0 Å². The number of carboxylic acids is 1. The van der Waals surface area contributed by atoms with Crippen LogP contribution in [-0.4, -0.2) is 28.5 Å². The van der Waals surface area contributed by atoms with Crippen LogP contribution >= 0.6 is 0 Å². The molecular formula is C14H11FN2O3. The number of nitrogens with zero attached hydrogens (tertiary/aromatic N) is 2. The number of carbonyl (C=O) groups excluding carboxylic acids is 1. The smallest absolute Gasteiger partial charge is 0.323 e. The Bertz CT molecular complexity index is 614. The van der Waals surface area contributed by atoms with Crippen molar-refractivity contribution in [3.8, 4) is 0 Å². The lowest BCUT2D eigenvalue weighted by Gasteiger charge is -2.20. The number of hydrogen-bond acceptors (Lipinski definition) is 3. The minimum atomic E-state index is -1.16. The van der Waals surface area contributed by atoms with Gasteiger partial charge in [-0.15, -0.1) is 0 Å². The average Bonchev–Trinajstić information content (AvgIpc) is 2.46. The first kappa shape index (κ1) is 13.7. The first-order valence-corrected chi connectivity index (χ1v) is 5.77. The highest BCUT2D eigenvalue weighted by atomic mass is 19.1. The number of halogens is 1. The summed E-state index contributed by atoms with van der Waals surface area (Å²) in [6.45, 7) is -0.515. The number of benzene rings is 1. The van der Waals surface area contributed by atoms with Crippen molar-refractivity contribution < 1.29 is 19.1 Å². The molecule has 0 aliphatic carbocycles. The van der Waals surface area contributed by atoms with E-state index in [-0.39, 0.29) is 5.56 Å². The fourth-order valence-electron chi connectivity index (χ4n) is 1.68. The zero-order valence-electron chi connectivity index (χ0n) is 10.4. The molecule has 1 amide bonds. The molecule has 0 fully saturated rings. The second kappa shape index (κ2) is 5.92. The summed E-state index contributed by atoms with van der Waals surface area (Å²) in [6.07, 6.45) is 2.86. The quantitative estimate of drug-likeness (QED) is 0.925. The molecule has 0 radical (unpaired) electrons. The van der Waals surface area contributed by atoms with Crippen LogP contribution in [0.5, 0.6) is 0 Å². The van der Waals surface area contributed by atoms with E-state index in [2.05, 4.69) is 4.98 Å². The van der Waals surface area contributed by atoms with Gasteiger partial charge in [0.25, 0.3) is 5.91 Å². The largest absolute Gasteiger partial charge is 0.480 e. The number of hydrogen-bond donors (Lipinski definition) is 1. The van der Waals surface area contributed by atoms with Crippen molar-refractivity contribution in [1.82, 2.24) is 4.98 Å². The molecule has 0 spiro atoms. The van der Waals surface area contributed by atoms with Crippen LogP contribution in [0, 0.1) is 5.82 Å². The van der Waals surface area contributed by atoms with Gasteiger partial charge in [-0.1, -0.05) is 0 Å². The average molecular weight is 274 g/mol. The van der Waals surface area contributed by atoms with Gasteiger partial charge < -0.3 is 5.11 Å². The van der Waals surface area contributed by atoms with E-state index in [1.54, 1.807) is 6.07 Å². The predicted octanol–water partition coefficient (Wildman–Crippen LogP) is 1.95. The number of carbonyl (C=O) groups is 2. The van der Waals surface area contributed by atoms with E-state index < -0.39 is 24.2 Å². The van der Waals surface area contributed by atoms with Gasteiger partial charge >= 0.3 is 5.97 Å². The third kappa shape index (κ3) is 3.17. The third-order valence-corrected chi connectivity index (χ3v) is 2.59. The first-order chi connectivity index (χ1) is 9.58. The molecule has 0 saturated heterocycles. The number of rotatable bonds is 4. The van der Waals surface area contributed by atoms with E-state index in [9.17, 15) is 14.0 Å². The fourth-order valence-corrected chi connectivity index (χ4v) is 1.68. The number of carboxylic acid groups (broad SMARTS) is 1. The van der Waals surface area contributed by atoms with E-state index in [4.69, 9.17) is 5.11 Å². The Kier molecular flexibility index (Phi) is 4.05. The van der Waals surface area contributed by atoms with E-state index in [1.165, 1.54) is 42.7 Å². The molecule has 1 N–H and O–H groups in total. The molecule has 2 aromatic rings. The number of aliphatic carboxylic acids is 1. The number of anilines is 1. The highest BCUT2D eigenvalue weighted by molar-refractivity contribution is 6.07. The van der Waals surface area contributed by atoms with Crippen LogP contribution in [0.4, 0.5) is 10.1 Å². The Balaban J connectivity index is 2.35. The van der Waals surface area contributed by atoms with Gasteiger partial charge in [-0.05, 0) is 36.4 Å². The Labute approximate surface area is 114 Å². The summed E-state index contributed by atoms with van der Waals surface area (Å²) in [5.74, 6) is -2.13. The van der Waals surface area contributed by atoms with E-state index in [0.29, 0.717) is 5.69 Å². The van der Waals surface area contributed by atoms with Crippen molar-refractivity contribution in [2.45, 2.75) is 0 Å². The third-order valence-electron chi connectivity index (χ3n) is 2.59. The lowest BCUT2D eigenvalue weighted by molar-refractivity contribution is -0.135. The molecule has 0 bridgehead atoms. The Hall–Kier alpha value is -2.76. The maximum absolute atomic E-state index is 12.9. The lowest BCUT2D eigenvalue weighted by atomic mass is 10.2. The molecule has 0 saturated carbocycles. The zero-order chi connectivity index (χ0) is 14.5. The summed E-state index contributed by atoms with van der Waals surface area (Å²) in [5.41, 5.74) is 0.570. The Morgan fingerprint density at radius 1 is 1.20 bits per heavy atom. The number of amides is 1. The van der Waals surface area contributed by atoms with Gasteiger partial charge in [0, 0.05) is 18.1 Å². The molecule has 20 heavy (non-hydrogen) atoms. The van der Waals surface area contributed by atoms with Crippen molar-refractivity contribution in [3.05, 3.63) is 60.2 Å². The second-order valence-electron chi connectivity index (χ2n) is 4.00. The van der Waals surface area contributed by atoms with Crippen LogP contribution in [0.15, 0.2) is 48.8 Å². The van der Waals surface area contributed by atoms with Crippen LogP contribution in [0.3, 0.4) is 0 Å². The van der Waals surface area contributed by atoms with E-state index >= 15 is 0 Å². The highest BCUT2D eigenvalue weighted by Gasteiger charge is 2.20. The molecule has 1 aromatic carbocycles. The van der Waals surface area contributed by atoms with Crippen LogP contribution in [-0.2, 0) is 4.79 Å². The first-order valence-electron chi connectivity index (χ1n) is 5.77. The summed E-state index contributed by atoms with van der Waals surface area (Å²) in [4.78, 5) is 28.1. The summed E-state index contributed by atoms with van der Waals surface area (Å²) in [5, 5.41) is 8.91. The summed E-state index contributed by atoms with van der Waals surface area (Å²) in [6, 6.07) is 8.16. The predicted molar refractivity (Wildman–Crippen MR) is 69.9 cm³/mol. The highest BCUT2D eigenvalue weighted by Crippen LogP contribution is 2.17. The molecule has 1 heterocycles. The van der Waals surface area contributed by atoms with E-state index in [1.807, 2.05) is 0 Å². The van der Waals surface area contributed by atoms with Crippen LogP contribution in [0.2, 0.25) is 0 Å². The monoisotopic (exact) mass is 274 g/mol. The summed E-state index contributed by atoms with van der Waals surface area (Å²) in [7, 11) is 0.